The summed E-state index contributed by atoms with van der Waals surface area (Å²) in [6, 6.07) is 0. The van der Waals surface area contributed by atoms with Crippen LogP contribution in [0.4, 0.5) is 0 Å². The van der Waals surface area contributed by atoms with Gasteiger partial charge in [-0.1, -0.05) is 11.6 Å². The van der Waals surface area contributed by atoms with E-state index in [1.54, 1.807) is 11.1 Å². The van der Waals surface area contributed by atoms with Crippen LogP contribution in [-0.2, 0) is 4.79 Å². The Bertz CT molecular complexity index is 777. The molecule has 25 heavy (non-hydrogen) atoms. The molecule has 2 nitrogen and oxygen atoms in total. The Morgan fingerprint density at radius 3 is 2.44 bits per heavy atom. The van der Waals surface area contributed by atoms with Gasteiger partial charge in [-0.25, -0.2) is 0 Å². The highest BCUT2D eigenvalue weighted by Gasteiger charge is 2.58. The van der Waals surface area contributed by atoms with Crippen molar-refractivity contribution in [3.63, 3.8) is 0 Å². The van der Waals surface area contributed by atoms with Gasteiger partial charge < -0.3 is 5.11 Å². The zero-order chi connectivity index (χ0) is 17.8. The summed E-state index contributed by atoms with van der Waals surface area (Å²) in [7, 11) is 0. The van der Waals surface area contributed by atoms with E-state index < -0.39 is 5.97 Å². The summed E-state index contributed by atoms with van der Waals surface area (Å²) in [5.74, 6) is -0.696. The first kappa shape index (κ1) is 17.8. The lowest BCUT2D eigenvalue weighted by molar-refractivity contribution is -0.137. The van der Waals surface area contributed by atoms with Crippen LogP contribution in [0.3, 0.4) is 0 Å². The summed E-state index contributed by atoms with van der Waals surface area (Å²) >= 11 is 10.3. The van der Waals surface area contributed by atoms with Crippen molar-refractivity contribution in [1.29, 1.82) is 0 Å². The molecule has 2 aliphatic carbocycles. The second kappa shape index (κ2) is 6.24. The fraction of sp³-hybridized carbons (Fsp3) is 0.550. The second-order valence-electron chi connectivity index (χ2n) is 7.57. The lowest BCUT2D eigenvalue weighted by Gasteiger charge is -2.47. The highest BCUT2D eigenvalue weighted by Crippen LogP contribution is 2.68. The lowest BCUT2D eigenvalue weighted by Crippen LogP contribution is -2.47. The Balaban J connectivity index is 1.65. The Hall–Kier alpha value is -0.580. The average molecular weight is 395 g/mol. The molecule has 2 aliphatic heterocycles. The van der Waals surface area contributed by atoms with Crippen molar-refractivity contribution in [2.24, 2.45) is 0 Å². The number of carboxylic acids is 1. The number of carboxylic acid groups (broad SMARTS) is 1. The molecule has 2 atom stereocenters. The van der Waals surface area contributed by atoms with Crippen LogP contribution in [0.1, 0.15) is 58.8 Å². The maximum absolute atomic E-state index is 10.7. The van der Waals surface area contributed by atoms with E-state index >= 15 is 0 Å². The third-order valence-corrected chi connectivity index (χ3v) is 9.51. The molecule has 0 saturated heterocycles. The van der Waals surface area contributed by atoms with Crippen LogP contribution in [0.5, 0.6) is 0 Å². The minimum absolute atomic E-state index is 0.00737. The zero-order valence-corrected chi connectivity index (χ0v) is 17.0. The maximum atomic E-state index is 10.7. The average Bonchev–Trinajstić information content (AvgIpc) is 3.20. The summed E-state index contributed by atoms with van der Waals surface area (Å²) in [4.78, 5) is 12.1. The molecule has 134 valence electrons. The van der Waals surface area contributed by atoms with Crippen molar-refractivity contribution >= 4 is 41.1 Å². The highest BCUT2D eigenvalue weighted by atomic mass is 35.5. The molecule has 2 unspecified atom stereocenters. The van der Waals surface area contributed by atoms with Crippen LogP contribution in [-0.4, -0.2) is 20.6 Å². The van der Waals surface area contributed by atoms with Gasteiger partial charge in [-0.05, 0) is 91.7 Å². The van der Waals surface area contributed by atoms with Gasteiger partial charge >= 0.3 is 5.97 Å². The highest BCUT2D eigenvalue weighted by molar-refractivity contribution is 8.09. The molecule has 4 rings (SSSR count). The summed E-state index contributed by atoms with van der Waals surface area (Å²) in [6.45, 7) is 4.74. The molecule has 0 bridgehead atoms. The molecule has 0 radical (unpaired) electrons. The Morgan fingerprint density at radius 1 is 1.12 bits per heavy atom. The number of hydrogen-bond acceptors (Lipinski definition) is 3. The van der Waals surface area contributed by atoms with Gasteiger partial charge in [0.05, 0.1) is 13.9 Å². The lowest BCUT2D eigenvalue weighted by atomic mass is 9.72. The van der Waals surface area contributed by atoms with Crippen LogP contribution < -0.4 is 0 Å². The van der Waals surface area contributed by atoms with Crippen molar-refractivity contribution < 1.29 is 9.90 Å². The third kappa shape index (κ3) is 2.67. The monoisotopic (exact) mass is 394 g/mol. The van der Waals surface area contributed by atoms with Crippen LogP contribution in [0.15, 0.2) is 43.7 Å². The van der Waals surface area contributed by atoms with Gasteiger partial charge in [-0.2, -0.15) is 0 Å². The fourth-order valence-corrected chi connectivity index (χ4v) is 8.20. The maximum Gasteiger partial charge on any atom is 0.303 e. The number of aliphatic carboxylic acids is 1. The first-order chi connectivity index (χ1) is 11.8. The van der Waals surface area contributed by atoms with Crippen molar-refractivity contribution in [3.8, 4) is 0 Å². The summed E-state index contributed by atoms with van der Waals surface area (Å²) in [6.07, 6.45) is 11.2. The molecular weight excluding hydrogens is 372 g/mol. The minimum atomic E-state index is -0.696. The SMILES string of the molecule is CC12SC(Cl)=CC1=C1CCCC1=C1C=C(CCCCC(=O)O)SC12C. The van der Waals surface area contributed by atoms with Gasteiger partial charge in [0.15, 0.2) is 0 Å². The molecular formula is C20H23ClO2S2. The normalized spacial score (nSPS) is 33.2. The predicted octanol–water partition coefficient (Wildman–Crippen LogP) is 6.40. The quantitative estimate of drug-likeness (QED) is 0.547. The molecule has 0 spiro atoms. The molecule has 0 amide bonds. The molecule has 5 heteroatoms. The topological polar surface area (TPSA) is 37.3 Å². The van der Waals surface area contributed by atoms with Crippen LogP contribution in [0.25, 0.3) is 0 Å². The van der Waals surface area contributed by atoms with Gasteiger partial charge in [0.25, 0.3) is 0 Å². The van der Waals surface area contributed by atoms with E-state index in [0.717, 1.165) is 23.6 Å². The van der Waals surface area contributed by atoms with Gasteiger partial charge in [-0.15, -0.1) is 23.5 Å². The summed E-state index contributed by atoms with van der Waals surface area (Å²) in [5, 5.41) is 8.83. The largest absolute Gasteiger partial charge is 0.481 e. The first-order valence-electron chi connectivity index (χ1n) is 9.00. The number of thioether (sulfide) groups is 2. The van der Waals surface area contributed by atoms with E-state index in [1.807, 2.05) is 23.5 Å². The Kier molecular flexibility index (Phi) is 4.45. The van der Waals surface area contributed by atoms with E-state index in [9.17, 15) is 4.79 Å². The van der Waals surface area contributed by atoms with E-state index in [2.05, 4.69) is 26.0 Å². The number of fused-ring (bicyclic) bond motifs is 4. The van der Waals surface area contributed by atoms with Crippen molar-refractivity contribution in [2.75, 3.05) is 0 Å². The van der Waals surface area contributed by atoms with E-state index in [1.165, 1.54) is 35.3 Å². The first-order valence-corrected chi connectivity index (χ1v) is 11.0. The Morgan fingerprint density at radius 2 is 1.76 bits per heavy atom. The van der Waals surface area contributed by atoms with Gasteiger partial charge in [0.1, 0.15) is 0 Å². The fourth-order valence-electron chi connectivity index (χ4n) is 4.67. The second-order valence-corrected chi connectivity index (χ2v) is 11.2. The molecule has 2 heterocycles. The molecule has 0 aromatic heterocycles. The number of hydrogen-bond donors (Lipinski definition) is 1. The standard InChI is InChI=1S/C20H23ClO2S2/c1-19-15(10-12(24-19)6-3-4-9-18(22)23)13-7-5-8-14(13)16-11-17(21)25-20(16,19)2/h10-11H,3-9H2,1-2H3,(H,22,23). The number of rotatable bonds is 5. The predicted molar refractivity (Wildman–Crippen MR) is 108 cm³/mol. The summed E-state index contributed by atoms with van der Waals surface area (Å²) in [5.41, 5.74) is 6.07. The third-order valence-electron chi connectivity index (χ3n) is 6.07. The number of allylic oxidation sites excluding steroid dienone is 5. The smallest absolute Gasteiger partial charge is 0.303 e. The molecule has 4 aliphatic rings. The van der Waals surface area contributed by atoms with E-state index in [-0.39, 0.29) is 15.9 Å². The van der Waals surface area contributed by atoms with Crippen LogP contribution >= 0.6 is 35.1 Å². The molecule has 1 N–H and O–H groups in total. The minimum Gasteiger partial charge on any atom is -0.481 e. The van der Waals surface area contributed by atoms with Gasteiger partial charge in [0.2, 0.25) is 0 Å². The number of carbonyl (C=O) groups is 1. The summed E-state index contributed by atoms with van der Waals surface area (Å²) < 4.78 is 0.923. The zero-order valence-electron chi connectivity index (χ0n) is 14.7. The van der Waals surface area contributed by atoms with Crippen molar-refractivity contribution in [2.45, 2.75) is 68.3 Å². The molecule has 0 aromatic carbocycles. The van der Waals surface area contributed by atoms with Crippen LogP contribution in [0.2, 0.25) is 0 Å². The molecule has 1 fully saturated rings. The van der Waals surface area contributed by atoms with Crippen LogP contribution in [0, 0.1) is 0 Å². The number of unbranched alkanes of at least 4 members (excludes halogenated alkanes) is 1. The van der Waals surface area contributed by atoms with E-state index in [4.69, 9.17) is 16.7 Å². The van der Waals surface area contributed by atoms with E-state index in [0.29, 0.717) is 0 Å². The Labute approximate surface area is 162 Å². The van der Waals surface area contributed by atoms with Gasteiger partial charge in [0, 0.05) is 6.42 Å². The van der Waals surface area contributed by atoms with Gasteiger partial charge in [-0.3, -0.25) is 4.79 Å². The van der Waals surface area contributed by atoms with Crippen molar-refractivity contribution in [1.82, 2.24) is 0 Å². The molecule has 1 saturated carbocycles. The molecule has 0 aromatic rings. The number of halogens is 1. The van der Waals surface area contributed by atoms with Crippen molar-refractivity contribution in [3.05, 3.63) is 43.7 Å².